The molecule has 0 radical (unpaired) electrons. The molecule has 0 aliphatic carbocycles. The molecule has 0 saturated heterocycles. The molecular weight excluding hydrogens is 346 g/mol. The van der Waals surface area contributed by atoms with Crippen LogP contribution in [-0.4, -0.2) is 14.8 Å². The fourth-order valence-electron chi connectivity index (χ4n) is 2.32. The van der Waals surface area contributed by atoms with E-state index < -0.39 is 23.3 Å². The molecule has 0 fully saturated rings. The zero-order valence-corrected chi connectivity index (χ0v) is 13.3. The summed E-state index contributed by atoms with van der Waals surface area (Å²) in [5.74, 6) is -4.72. The van der Waals surface area contributed by atoms with E-state index >= 15 is 0 Å². The van der Waals surface area contributed by atoms with Gasteiger partial charge in [-0.05, 0) is 36.8 Å². The monoisotopic (exact) mass is 355 g/mol. The molecule has 0 N–H and O–H groups in total. The van der Waals surface area contributed by atoms with Crippen molar-refractivity contribution in [1.82, 2.24) is 14.8 Å². The molecule has 0 unspecified atom stereocenters. The maximum Gasteiger partial charge on any atom is 0.194 e. The number of benzene rings is 2. The largest absolute Gasteiger partial charge is 0.248 e. The molecule has 1 heterocycles. The SMILES string of the molecule is Cc1c(-c2nc(-c3ccc(Cl)cc3F)nn2C)cc(F)c(F)c1F. The van der Waals surface area contributed by atoms with E-state index in [1.54, 1.807) is 0 Å². The minimum atomic E-state index is -1.55. The first-order valence-corrected chi connectivity index (χ1v) is 7.18. The third-order valence-corrected chi connectivity index (χ3v) is 3.82. The number of aryl methyl sites for hydroxylation is 1. The summed E-state index contributed by atoms with van der Waals surface area (Å²) < 4.78 is 55.8. The second-order valence-corrected chi connectivity index (χ2v) is 5.60. The molecule has 0 amide bonds. The van der Waals surface area contributed by atoms with Gasteiger partial charge in [0, 0.05) is 17.6 Å². The highest BCUT2D eigenvalue weighted by atomic mass is 35.5. The quantitative estimate of drug-likeness (QED) is 0.494. The Bertz CT molecular complexity index is 953. The first-order chi connectivity index (χ1) is 11.3. The second-order valence-electron chi connectivity index (χ2n) is 5.17. The van der Waals surface area contributed by atoms with Gasteiger partial charge in [0.2, 0.25) is 0 Å². The van der Waals surface area contributed by atoms with Gasteiger partial charge in [0.15, 0.2) is 29.1 Å². The van der Waals surface area contributed by atoms with Crippen LogP contribution in [0.15, 0.2) is 24.3 Å². The summed E-state index contributed by atoms with van der Waals surface area (Å²) >= 11 is 5.70. The Morgan fingerprint density at radius 2 is 1.67 bits per heavy atom. The lowest BCUT2D eigenvalue weighted by molar-refractivity contribution is 0.444. The van der Waals surface area contributed by atoms with Crippen LogP contribution in [0, 0.1) is 30.2 Å². The van der Waals surface area contributed by atoms with Gasteiger partial charge in [-0.25, -0.2) is 27.2 Å². The number of aromatic nitrogens is 3. The van der Waals surface area contributed by atoms with Crippen molar-refractivity contribution >= 4 is 11.6 Å². The van der Waals surface area contributed by atoms with Gasteiger partial charge in [0.1, 0.15) is 5.82 Å². The van der Waals surface area contributed by atoms with E-state index in [1.165, 1.54) is 30.8 Å². The van der Waals surface area contributed by atoms with Crippen LogP contribution in [0.5, 0.6) is 0 Å². The van der Waals surface area contributed by atoms with Crippen LogP contribution in [-0.2, 0) is 7.05 Å². The van der Waals surface area contributed by atoms with Crippen molar-refractivity contribution in [3.05, 3.63) is 58.1 Å². The third-order valence-electron chi connectivity index (χ3n) is 3.58. The zero-order chi connectivity index (χ0) is 17.6. The van der Waals surface area contributed by atoms with E-state index in [9.17, 15) is 17.6 Å². The van der Waals surface area contributed by atoms with Crippen molar-refractivity contribution in [3.63, 3.8) is 0 Å². The van der Waals surface area contributed by atoms with Crippen molar-refractivity contribution in [2.75, 3.05) is 0 Å². The van der Waals surface area contributed by atoms with Crippen LogP contribution in [0.3, 0.4) is 0 Å². The first kappa shape index (κ1) is 16.4. The summed E-state index contributed by atoms with van der Waals surface area (Å²) in [7, 11) is 1.48. The van der Waals surface area contributed by atoms with Crippen molar-refractivity contribution < 1.29 is 17.6 Å². The van der Waals surface area contributed by atoms with Gasteiger partial charge in [-0.3, -0.25) is 0 Å². The number of hydrogen-bond acceptors (Lipinski definition) is 2. The zero-order valence-electron chi connectivity index (χ0n) is 12.5. The smallest absolute Gasteiger partial charge is 0.194 e. The van der Waals surface area contributed by atoms with Crippen molar-refractivity contribution in [2.45, 2.75) is 6.92 Å². The Labute approximate surface area is 139 Å². The highest BCUT2D eigenvalue weighted by Crippen LogP contribution is 2.30. The molecule has 0 saturated carbocycles. The van der Waals surface area contributed by atoms with Gasteiger partial charge in [-0.15, -0.1) is 0 Å². The number of hydrogen-bond donors (Lipinski definition) is 0. The number of halogens is 5. The summed E-state index contributed by atoms with van der Waals surface area (Å²) in [4.78, 5) is 4.13. The van der Waals surface area contributed by atoms with Crippen molar-refractivity contribution in [3.8, 4) is 22.8 Å². The van der Waals surface area contributed by atoms with E-state index in [0.29, 0.717) is 0 Å². The molecule has 8 heteroatoms. The minimum Gasteiger partial charge on any atom is -0.248 e. The molecule has 0 aliphatic heterocycles. The topological polar surface area (TPSA) is 30.7 Å². The summed E-state index contributed by atoms with van der Waals surface area (Å²) in [6.07, 6.45) is 0. The fraction of sp³-hybridized carbons (Fsp3) is 0.125. The van der Waals surface area contributed by atoms with Crippen LogP contribution in [0.4, 0.5) is 17.6 Å². The Hall–Kier alpha value is -2.41. The van der Waals surface area contributed by atoms with Gasteiger partial charge in [0.25, 0.3) is 0 Å². The second kappa shape index (κ2) is 5.90. The first-order valence-electron chi connectivity index (χ1n) is 6.80. The molecule has 3 rings (SSSR count). The molecule has 0 atom stereocenters. The maximum atomic E-state index is 14.0. The molecule has 24 heavy (non-hydrogen) atoms. The molecule has 0 bridgehead atoms. The lowest BCUT2D eigenvalue weighted by Gasteiger charge is -2.07. The molecule has 1 aromatic heterocycles. The highest BCUT2D eigenvalue weighted by molar-refractivity contribution is 6.30. The highest BCUT2D eigenvalue weighted by Gasteiger charge is 2.21. The Morgan fingerprint density at radius 3 is 2.33 bits per heavy atom. The summed E-state index contributed by atoms with van der Waals surface area (Å²) in [5.41, 5.74) is -0.00323. The van der Waals surface area contributed by atoms with Crippen molar-refractivity contribution in [2.24, 2.45) is 7.05 Å². The molecule has 3 nitrogen and oxygen atoms in total. The molecular formula is C16H10ClF4N3. The van der Waals surface area contributed by atoms with Gasteiger partial charge < -0.3 is 0 Å². The van der Waals surface area contributed by atoms with E-state index in [0.717, 1.165) is 12.1 Å². The van der Waals surface area contributed by atoms with Crippen LogP contribution < -0.4 is 0 Å². The normalized spacial score (nSPS) is 11.1. The fourth-order valence-corrected chi connectivity index (χ4v) is 2.48. The van der Waals surface area contributed by atoms with Crippen LogP contribution >= 0.6 is 11.6 Å². The lowest BCUT2D eigenvalue weighted by atomic mass is 10.1. The average Bonchev–Trinajstić information content (AvgIpc) is 2.90. The average molecular weight is 356 g/mol. The molecule has 3 aromatic rings. The predicted molar refractivity (Wildman–Crippen MR) is 81.5 cm³/mol. The van der Waals surface area contributed by atoms with Gasteiger partial charge in [0.05, 0.1) is 5.56 Å². The third kappa shape index (κ3) is 2.65. The van der Waals surface area contributed by atoms with Gasteiger partial charge in [-0.1, -0.05) is 11.6 Å². The number of rotatable bonds is 2. The van der Waals surface area contributed by atoms with E-state index in [4.69, 9.17) is 11.6 Å². The van der Waals surface area contributed by atoms with Crippen molar-refractivity contribution in [1.29, 1.82) is 0 Å². The molecule has 124 valence electrons. The van der Waals surface area contributed by atoms with Crippen LogP contribution in [0.1, 0.15) is 5.56 Å². The molecule has 0 spiro atoms. The molecule has 0 aliphatic rings. The van der Waals surface area contributed by atoms with Gasteiger partial charge in [-0.2, -0.15) is 5.10 Å². The number of nitrogens with zero attached hydrogens (tertiary/aromatic N) is 3. The standard InChI is InChI=1S/C16H10ClF4N3/c1-7-10(6-12(19)14(21)13(7)20)16-22-15(23-24(16)2)9-4-3-8(17)5-11(9)18/h3-6H,1-2H3. The van der Waals surface area contributed by atoms with Crippen LogP contribution in [0.25, 0.3) is 22.8 Å². The maximum absolute atomic E-state index is 14.0. The summed E-state index contributed by atoms with van der Waals surface area (Å²) in [6, 6.07) is 4.81. The Kier molecular flexibility index (Phi) is 4.04. The summed E-state index contributed by atoms with van der Waals surface area (Å²) in [6.45, 7) is 1.30. The predicted octanol–water partition coefficient (Wildman–Crippen LogP) is 4.67. The lowest BCUT2D eigenvalue weighted by Crippen LogP contribution is -2.01. The molecule has 2 aromatic carbocycles. The summed E-state index contributed by atoms with van der Waals surface area (Å²) in [5, 5.41) is 4.27. The van der Waals surface area contributed by atoms with E-state index in [-0.39, 0.29) is 33.4 Å². The van der Waals surface area contributed by atoms with Gasteiger partial charge >= 0.3 is 0 Å². The van der Waals surface area contributed by atoms with Crippen LogP contribution in [0.2, 0.25) is 5.02 Å². The van der Waals surface area contributed by atoms with E-state index in [2.05, 4.69) is 10.1 Å². The van der Waals surface area contributed by atoms with E-state index in [1.807, 2.05) is 0 Å². The Morgan fingerprint density at radius 1 is 0.958 bits per heavy atom. The minimum absolute atomic E-state index is 0.0196. The Balaban J connectivity index is 2.17.